The van der Waals surface area contributed by atoms with Gasteiger partial charge in [0, 0.05) is 10.4 Å². The van der Waals surface area contributed by atoms with E-state index in [0.29, 0.717) is 28.1 Å². The zero-order chi connectivity index (χ0) is 23.4. The second-order valence-corrected chi connectivity index (χ2v) is 10.2. The largest absolute Gasteiger partial charge is 0.397 e. The highest BCUT2D eigenvalue weighted by Crippen LogP contribution is 2.42. The molecule has 6 nitrogen and oxygen atoms in total. The summed E-state index contributed by atoms with van der Waals surface area (Å²) in [7, 11) is -3.95. The van der Waals surface area contributed by atoms with E-state index in [2.05, 4.69) is 5.32 Å². The zero-order valence-corrected chi connectivity index (χ0v) is 19.6. The molecule has 1 heterocycles. The Hall–Kier alpha value is -3.22. The highest BCUT2D eigenvalue weighted by atomic mass is 32.1. The molecule has 4 N–H and O–H groups in total. The number of rotatable bonds is 7. The molecule has 3 aromatic carbocycles. The van der Waals surface area contributed by atoms with E-state index >= 15 is 0 Å². The molecular weight excluding hydrogens is 455 g/mol. The molecule has 8 heteroatoms. The maximum absolute atomic E-state index is 12.7. The summed E-state index contributed by atoms with van der Waals surface area (Å²) in [5.74, 6) is -0.301. The first-order chi connectivity index (χ1) is 15.8. The second-order valence-electron chi connectivity index (χ2n) is 7.51. The van der Waals surface area contributed by atoms with Crippen LogP contribution in [0.15, 0.2) is 84.2 Å². The molecule has 168 valence electrons. The number of carbonyl (C=O) groups excluding carboxylic acids is 1. The minimum absolute atomic E-state index is 0.0557. The van der Waals surface area contributed by atoms with E-state index in [9.17, 15) is 14.3 Å². The molecule has 0 spiro atoms. The third-order valence-corrected chi connectivity index (χ3v) is 7.66. The van der Waals surface area contributed by atoms with Crippen LogP contribution in [0, 0.1) is 6.92 Å². The van der Waals surface area contributed by atoms with Gasteiger partial charge in [0.2, 0.25) is 0 Å². The molecule has 0 aliphatic rings. The van der Waals surface area contributed by atoms with Crippen LogP contribution in [0.4, 0.5) is 11.4 Å². The molecule has 0 aliphatic carbocycles. The predicted molar refractivity (Wildman–Crippen MR) is 134 cm³/mol. The van der Waals surface area contributed by atoms with Crippen molar-refractivity contribution in [3.8, 4) is 10.4 Å². The Morgan fingerprint density at radius 2 is 1.82 bits per heavy atom. The Morgan fingerprint density at radius 3 is 2.52 bits per heavy atom. The highest BCUT2D eigenvalue weighted by Gasteiger charge is 2.24. The summed E-state index contributed by atoms with van der Waals surface area (Å²) in [4.78, 5) is 24.1. The molecule has 33 heavy (non-hydrogen) atoms. The third kappa shape index (κ3) is 5.41. The Bertz CT molecular complexity index is 1320. The Labute approximate surface area is 196 Å². The normalized spacial score (nSPS) is 12.8. The molecule has 0 aliphatic heterocycles. The predicted octanol–water partition coefficient (Wildman–Crippen LogP) is 5.59. The van der Waals surface area contributed by atoms with Gasteiger partial charge in [-0.1, -0.05) is 42.5 Å². The van der Waals surface area contributed by atoms with Crippen molar-refractivity contribution in [2.24, 2.45) is 0 Å². The fourth-order valence-corrected chi connectivity index (χ4v) is 5.30. The lowest BCUT2D eigenvalue weighted by molar-refractivity contribution is 0.102. The van der Waals surface area contributed by atoms with Crippen molar-refractivity contribution in [1.29, 1.82) is 0 Å². The lowest BCUT2D eigenvalue weighted by atomic mass is 10.1. The average Bonchev–Trinajstić information content (AvgIpc) is 3.35. The number of nitrogen functional groups attached to an aromatic ring is 1. The Kier molecular flexibility index (Phi) is 6.77. The summed E-state index contributed by atoms with van der Waals surface area (Å²) in [5.41, 5.74) is 9.85. The fourth-order valence-electron chi connectivity index (χ4n) is 3.32. The molecule has 1 atom stereocenters. The number of amides is 1. The molecule has 0 saturated carbocycles. The van der Waals surface area contributed by atoms with Gasteiger partial charge in [0.1, 0.15) is 0 Å². The molecule has 0 saturated heterocycles. The van der Waals surface area contributed by atoms with Crippen LogP contribution in [-0.4, -0.2) is 10.8 Å². The van der Waals surface area contributed by atoms with Gasteiger partial charge in [-0.3, -0.25) is 9.36 Å². The number of anilines is 2. The minimum atomic E-state index is -3.95. The quantitative estimate of drug-likeness (QED) is 0.238. The van der Waals surface area contributed by atoms with Gasteiger partial charge < -0.3 is 20.5 Å². The van der Waals surface area contributed by atoms with Gasteiger partial charge >= 0.3 is 7.60 Å². The van der Waals surface area contributed by atoms with Gasteiger partial charge in [0.05, 0.1) is 23.3 Å². The fraction of sp³-hybridized carbons (Fsp3) is 0.0800. The van der Waals surface area contributed by atoms with Crippen molar-refractivity contribution in [2.45, 2.75) is 13.5 Å². The summed E-state index contributed by atoms with van der Waals surface area (Å²) in [6.07, 6.45) is 0. The lowest BCUT2D eigenvalue weighted by Gasteiger charge is -2.14. The molecule has 1 aromatic heterocycles. The molecule has 4 rings (SSSR count). The van der Waals surface area contributed by atoms with Gasteiger partial charge in [-0.2, -0.15) is 0 Å². The first kappa shape index (κ1) is 23.0. The van der Waals surface area contributed by atoms with E-state index in [1.54, 1.807) is 72.9 Å². The molecule has 0 radical (unpaired) electrons. The van der Waals surface area contributed by atoms with Crippen molar-refractivity contribution in [2.75, 3.05) is 11.1 Å². The number of thiophene rings is 1. The number of carbonyl (C=O) groups is 1. The monoisotopic (exact) mass is 478 g/mol. The molecule has 0 bridgehead atoms. The standard InChI is InChI=1S/C25H23N2O4PS/c1-17-5-2-3-6-23(17)32(29,30)31-16-18-8-10-19(11-9-18)25(28)27-22-15-20(12-13-21(22)26)24-7-4-14-33-24/h2-15H,16,26H2,1H3,(H,27,28)(H,29,30). The topological polar surface area (TPSA) is 102 Å². The van der Waals surface area contributed by atoms with E-state index < -0.39 is 7.60 Å². The summed E-state index contributed by atoms with van der Waals surface area (Å²) in [6.45, 7) is 1.71. The first-order valence-corrected chi connectivity index (χ1v) is 12.7. The number of aryl methyl sites for hydroxylation is 1. The van der Waals surface area contributed by atoms with Crippen LogP contribution < -0.4 is 16.4 Å². The minimum Gasteiger partial charge on any atom is -0.397 e. The Morgan fingerprint density at radius 1 is 1.06 bits per heavy atom. The number of benzene rings is 3. The molecule has 4 aromatic rings. The third-order valence-electron chi connectivity index (χ3n) is 5.15. The van der Waals surface area contributed by atoms with E-state index in [1.807, 2.05) is 29.6 Å². The summed E-state index contributed by atoms with van der Waals surface area (Å²) >= 11 is 1.61. The number of nitrogens with two attached hydrogens (primary N) is 1. The van der Waals surface area contributed by atoms with Crippen molar-refractivity contribution in [3.63, 3.8) is 0 Å². The smallest absolute Gasteiger partial charge is 0.359 e. The van der Waals surface area contributed by atoms with Crippen molar-refractivity contribution in [1.82, 2.24) is 0 Å². The van der Waals surface area contributed by atoms with Crippen LogP contribution in [0.2, 0.25) is 0 Å². The van der Waals surface area contributed by atoms with Crippen LogP contribution >= 0.6 is 18.9 Å². The van der Waals surface area contributed by atoms with Crippen molar-refractivity contribution in [3.05, 3.63) is 101 Å². The molecular formula is C25H23N2O4PS. The van der Waals surface area contributed by atoms with E-state index in [1.165, 1.54) is 0 Å². The number of hydrogen-bond donors (Lipinski definition) is 3. The van der Waals surface area contributed by atoms with Crippen LogP contribution in [0.5, 0.6) is 0 Å². The van der Waals surface area contributed by atoms with Gasteiger partial charge in [-0.05, 0) is 65.4 Å². The van der Waals surface area contributed by atoms with Crippen LogP contribution in [-0.2, 0) is 15.7 Å². The van der Waals surface area contributed by atoms with Crippen LogP contribution in [0.3, 0.4) is 0 Å². The van der Waals surface area contributed by atoms with Gasteiger partial charge in [-0.15, -0.1) is 11.3 Å². The van der Waals surface area contributed by atoms with Gasteiger partial charge in [0.15, 0.2) is 0 Å². The zero-order valence-electron chi connectivity index (χ0n) is 17.9. The average molecular weight is 479 g/mol. The van der Waals surface area contributed by atoms with E-state index in [-0.39, 0.29) is 17.8 Å². The van der Waals surface area contributed by atoms with E-state index in [4.69, 9.17) is 10.3 Å². The van der Waals surface area contributed by atoms with Crippen LogP contribution in [0.25, 0.3) is 10.4 Å². The molecule has 1 unspecified atom stereocenters. The van der Waals surface area contributed by atoms with Crippen molar-refractivity contribution < 1.29 is 18.8 Å². The summed E-state index contributed by atoms with van der Waals surface area (Å²) in [5, 5.41) is 5.13. The number of hydrogen-bond acceptors (Lipinski definition) is 5. The van der Waals surface area contributed by atoms with Gasteiger partial charge in [-0.25, -0.2) is 0 Å². The van der Waals surface area contributed by atoms with E-state index in [0.717, 1.165) is 10.4 Å². The number of nitrogens with one attached hydrogen (secondary N) is 1. The molecule has 0 fully saturated rings. The highest BCUT2D eigenvalue weighted by molar-refractivity contribution is 7.61. The van der Waals surface area contributed by atoms with Crippen LogP contribution in [0.1, 0.15) is 21.5 Å². The lowest BCUT2D eigenvalue weighted by Crippen LogP contribution is -2.13. The second kappa shape index (κ2) is 9.73. The first-order valence-electron chi connectivity index (χ1n) is 10.2. The Balaban J connectivity index is 1.42. The summed E-state index contributed by atoms with van der Waals surface area (Å²) in [6, 6.07) is 23.0. The van der Waals surface area contributed by atoms with Gasteiger partial charge in [0.25, 0.3) is 5.91 Å². The maximum atomic E-state index is 12.7. The van der Waals surface area contributed by atoms with Crippen molar-refractivity contribution >= 4 is 41.5 Å². The SMILES string of the molecule is Cc1ccccc1P(=O)(O)OCc1ccc(C(=O)Nc2cc(-c3cccs3)ccc2N)cc1. The maximum Gasteiger partial charge on any atom is 0.359 e. The molecule has 1 amide bonds. The summed E-state index contributed by atoms with van der Waals surface area (Å²) < 4.78 is 17.9.